The molecule has 2 N–H and O–H groups in total. The SMILES string of the molecule is [3H]COc1cc(C[C@H](Nc2ccc([N+](=O)[O-])cc2[N+](=O)[O-])C(=O)O)ccc1Oc1ccc([N+](=O)[O-])cc1[N+](=O)[O-]. The zero-order valence-corrected chi connectivity index (χ0v) is 19.4. The zero-order chi connectivity index (χ0) is 29.6. The third-order valence-corrected chi connectivity index (χ3v) is 5.19. The lowest BCUT2D eigenvalue weighted by Gasteiger charge is -2.17. The molecule has 0 aliphatic carbocycles. The van der Waals surface area contributed by atoms with Crippen molar-refractivity contribution in [1.29, 1.82) is 0 Å². The van der Waals surface area contributed by atoms with Gasteiger partial charge in [0.1, 0.15) is 11.7 Å². The molecule has 0 saturated heterocycles. The van der Waals surface area contributed by atoms with E-state index < -0.39 is 61.5 Å². The van der Waals surface area contributed by atoms with Crippen molar-refractivity contribution >= 4 is 34.4 Å². The number of carboxylic acid groups (broad SMARTS) is 1. The van der Waals surface area contributed by atoms with Gasteiger partial charge in [-0.2, -0.15) is 0 Å². The van der Waals surface area contributed by atoms with Crippen LogP contribution in [0.25, 0.3) is 0 Å². The van der Waals surface area contributed by atoms with Gasteiger partial charge in [-0.15, -0.1) is 0 Å². The van der Waals surface area contributed by atoms with Crippen LogP contribution in [-0.4, -0.2) is 43.9 Å². The summed E-state index contributed by atoms with van der Waals surface area (Å²) in [7, 11) is -0.627. The fourth-order valence-electron chi connectivity index (χ4n) is 3.37. The first-order chi connectivity index (χ1) is 18.9. The van der Waals surface area contributed by atoms with Crippen LogP contribution in [0.5, 0.6) is 17.2 Å². The van der Waals surface area contributed by atoms with E-state index in [0.29, 0.717) is 12.1 Å². The number of non-ortho nitro benzene ring substituents is 2. The first-order valence-electron chi connectivity index (χ1n) is 11.2. The van der Waals surface area contributed by atoms with E-state index in [1.165, 1.54) is 18.2 Å². The quantitative estimate of drug-likeness (QED) is 0.239. The first kappa shape index (κ1) is 26.2. The van der Waals surface area contributed by atoms with Crippen molar-refractivity contribution in [1.82, 2.24) is 0 Å². The van der Waals surface area contributed by atoms with Crippen LogP contribution >= 0.6 is 0 Å². The maximum Gasteiger partial charge on any atom is 0.326 e. The number of nitro groups is 4. The molecule has 17 heteroatoms. The van der Waals surface area contributed by atoms with Gasteiger partial charge in [0.05, 0.1) is 40.3 Å². The Labute approximate surface area is 218 Å². The van der Waals surface area contributed by atoms with Crippen LogP contribution in [0.3, 0.4) is 0 Å². The van der Waals surface area contributed by atoms with Gasteiger partial charge in [-0.25, -0.2) is 4.79 Å². The molecular weight excluding hydrogens is 526 g/mol. The molecule has 1 atom stereocenters. The van der Waals surface area contributed by atoms with E-state index in [2.05, 4.69) is 5.32 Å². The largest absolute Gasteiger partial charge is 0.493 e. The standard InChI is InChI=1S/C22H17N5O12/c1-38-21-9-12(2-6-20(21)39-19-7-4-14(25(32)33)11-18(19)27(36)37)8-16(22(28)29)23-15-5-3-13(24(30)31)10-17(15)26(34)35/h2-7,9-11,16,23H,8H2,1H3,(H,28,29)/t16-/m0/s1/i1T. The van der Waals surface area contributed by atoms with Crippen LogP contribution in [0, 0.1) is 40.5 Å². The Morgan fingerprint density at radius 1 is 0.846 bits per heavy atom. The third kappa shape index (κ3) is 6.47. The normalized spacial score (nSPS) is 11.5. The van der Waals surface area contributed by atoms with Gasteiger partial charge in [-0.1, -0.05) is 6.07 Å². The van der Waals surface area contributed by atoms with E-state index in [1.54, 1.807) is 0 Å². The molecule has 0 spiro atoms. The molecule has 3 aromatic rings. The predicted octanol–water partition coefficient (Wildman–Crippen LogP) is 4.23. The monoisotopic (exact) mass is 545 g/mol. The second kappa shape index (κ2) is 11.5. The smallest absolute Gasteiger partial charge is 0.326 e. The molecule has 17 nitrogen and oxygen atoms in total. The maximum atomic E-state index is 11.9. The number of nitro benzene ring substituents is 4. The number of carbonyl (C=O) groups is 1. The van der Waals surface area contributed by atoms with Crippen molar-refractivity contribution in [3.8, 4) is 17.2 Å². The first-order valence-corrected chi connectivity index (χ1v) is 10.5. The summed E-state index contributed by atoms with van der Waals surface area (Å²) in [6.07, 6.45) is -0.296. The van der Waals surface area contributed by atoms with Crippen molar-refractivity contribution in [2.75, 3.05) is 12.4 Å². The summed E-state index contributed by atoms with van der Waals surface area (Å²) >= 11 is 0. The molecule has 0 aromatic heterocycles. The molecule has 0 unspecified atom stereocenters. The van der Waals surface area contributed by atoms with E-state index in [-0.39, 0.29) is 34.9 Å². The van der Waals surface area contributed by atoms with Crippen molar-refractivity contribution in [3.05, 3.63) is 101 Å². The number of anilines is 1. The lowest BCUT2D eigenvalue weighted by Crippen LogP contribution is -2.31. The van der Waals surface area contributed by atoms with E-state index in [4.69, 9.17) is 10.8 Å². The minimum absolute atomic E-state index is 0.120. The van der Waals surface area contributed by atoms with E-state index in [0.717, 1.165) is 24.3 Å². The number of rotatable bonds is 12. The highest BCUT2D eigenvalue weighted by Crippen LogP contribution is 2.38. The molecule has 0 bridgehead atoms. The molecule has 39 heavy (non-hydrogen) atoms. The molecule has 0 radical (unpaired) electrons. The number of methoxy groups -OCH3 is 1. The van der Waals surface area contributed by atoms with Gasteiger partial charge in [0.2, 0.25) is 5.75 Å². The minimum Gasteiger partial charge on any atom is -0.493 e. The number of benzene rings is 3. The number of aliphatic carboxylic acids is 1. The van der Waals surface area contributed by atoms with Gasteiger partial charge in [-0.05, 0) is 29.8 Å². The van der Waals surface area contributed by atoms with Gasteiger partial charge >= 0.3 is 11.7 Å². The Kier molecular flexibility index (Phi) is 7.70. The van der Waals surface area contributed by atoms with Gasteiger partial charge in [0.15, 0.2) is 11.5 Å². The topological polar surface area (TPSA) is 240 Å². The second-order valence-electron chi connectivity index (χ2n) is 7.65. The van der Waals surface area contributed by atoms with Crippen LogP contribution in [0.15, 0.2) is 54.6 Å². The summed E-state index contributed by atoms with van der Waals surface area (Å²) in [6, 6.07) is 7.81. The Hall–Kier alpha value is -5.87. The molecule has 0 amide bonds. The van der Waals surface area contributed by atoms with Crippen molar-refractivity contribution < 1.29 is 40.4 Å². The van der Waals surface area contributed by atoms with Crippen molar-refractivity contribution in [2.24, 2.45) is 0 Å². The lowest BCUT2D eigenvalue weighted by atomic mass is 10.0. The summed E-state index contributed by atoms with van der Waals surface area (Å²) in [6.45, 7) is 0. The number of nitrogens with zero attached hydrogens (tertiary/aromatic N) is 4. The minimum atomic E-state index is -1.47. The van der Waals surface area contributed by atoms with Crippen LogP contribution in [0.2, 0.25) is 0 Å². The Morgan fingerprint density at radius 3 is 2.00 bits per heavy atom. The average molecular weight is 545 g/mol. The molecule has 3 rings (SSSR count). The maximum absolute atomic E-state index is 11.9. The highest BCUT2D eigenvalue weighted by molar-refractivity contribution is 5.80. The summed E-state index contributed by atoms with van der Waals surface area (Å²) in [5, 5.41) is 56.9. The van der Waals surface area contributed by atoms with Gasteiger partial charge in [-0.3, -0.25) is 40.5 Å². The molecule has 202 valence electrons. The van der Waals surface area contributed by atoms with E-state index >= 15 is 0 Å². The van der Waals surface area contributed by atoms with E-state index in [9.17, 15) is 50.4 Å². The Balaban J connectivity index is 1.91. The van der Waals surface area contributed by atoms with Gasteiger partial charge in [0.25, 0.3) is 17.1 Å². The highest BCUT2D eigenvalue weighted by Gasteiger charge is 2.26. The predicted molar refractivity (Wildman–Crippen MR) is 131 cm³/mol. The van der Waals surface area contributed by atoms with Crippen molar-refractivity contribution in [3.63, 3.8) is 0 Å². The van der Waals surface area contributed by atoms with E-state index in [1.807, 2.05) is 0 Å². The number of ether oxygens (including phenoxy) is 2. The number of nitrogens with one attached hydrogen (secondary N) is 1. The molecular formula is C22H17N5O12. The summed E-state index contributed by atoms with van der Waals surface area (Å²) in [4.78, 5) is 53.2. The lowest BCUT2D eigenvalue weighted by molar-refractivity contribution is -0.394. The summed E-state index contributed by atoms with van der Waals surface area (Å²) < 4.78 is 18.1. The Morgan fingerprint density at radius 2 is 1.44 bits per heavy atom. The fraction of sp³-hybridized carbons (Fsp3) is 0.136. The molecule has 3 aromatic carbocycles. The molecule has 0 aliphatic rings. The fourth-order valence-corrected chi connectivity index (χ4v) is 3.37. The third-order valence-electron chi connectivity index (χ3n) is 5.19. The van der Waals surface area contributed by atoms with Crippen LogP contribution in [0.1, 0.15) is 6.93 Å². The molecule has 0 aliphatic heterocycles. The van der Waals surface area contributed by atoms with Gasteiger partial charge in [0, 0.05) is 18.6 Å². The molecule has 0 saturated carbocycles. The number of carboxylic acids is 1. The zero-order valence-electron chi connectivity index (χ0n) is 20.4. The summed E-state index contributed by atoms with van der Waals surface area (Å²) in [5.41, 5.74) is -2.54. The second-order valence-corrected chi connectivity index (χ2v) is 7.65. The Bertz CT molecular complexity index is 1520. The van der Waals surface area contributed by atoms with Crippen molar-refractivity contribution in [2.45, 2.75) is 12.5 Å². The number of hydrogen-bond acceptors (Lipinski definition) is 12. The van der Waals surface area contributed by atoms with Crippen LogP contribution in [-0.2, 0) is 11.2 Å². The highest BCUT2D eigenvalue weighted by atomic mass is 16.6. The summed E-state index contributed by atoms with van der Waals surface area (Å²) in [5.74, 6) is -2.03. The average Bonchev–Trinajstić information content (AvgIpc) is 2.89. The molecule has 0 fully saturated rings. The van der Waals surface area contributed by atoms with Gasteiger partial charge < -0.3 is 19.9 Å². The molecule has 0 heterocycles. The number of hydrogen-bond donors (Lipinski definition) is 2. The van der Waals surface area contributed by atoms with Crippen LogP contribution < -0.4 is 14.8 Å². The van der Waals surface area contributed by atoms with Crippen LogP contribution in [0.4, 0.5) is 28.4 Å².